The Balaban J connectivity index is 2.00. The van der Waals surface area contributed by atoms with Gasteiger partial charge in [0, 0.05) is 13.1 Å². The average molecular weight is 238 g/mol. The standard InChI is InChI=1S/C14H26N2O/c1-4-16(10-11-6-7-11)13(17)12-14(2,3)8-5-9-15-12/h11-12,15H,4-10H2,1-3H3. The van der Waals surface area contributed by atoms with E-state index in [1.165, 1.54) is 19.3 Å². The highest BCUT2D eigenvalue weighted by molar-refractivity contribution is 5.83. The second-order valence-corrected chi connectivity index (χ2v) is 6.30. The van der Waals surface area contributed by atoms with Crippen molar-refractivity contribution in [3.63, 3.8) is 0 Å². The Morgan fingerprint density at radius 3 is 2.65 bits per heavy atom. The fourth-order valence-electron chi connectivity index (χ4n) is 2.80. The number of amides is 1. The molecule has 2 fully saturated rings. The van der Waals surface area contributed by atoms with Crippen LogP contribution in [0, 0.1) is 11.3 Å². The van der Waals surface area contributed by atoms with Gasteiger partial charge in [0.2, 0.25) is 5.91 Å². The van der Waals surface area contributed by atoms with E-state index in [0.717, 1.165) is 32.0 Å². The summed E-state index contributed by atoms with van der Waals surface area (Å²) in [5.74, 6) is 1.11. The number of rotatable bonds is 4. The van der Waals surface area contributed by atoms with Crippen molar-refractivity contribution in [2.24, 2.45) is 11.3 Å². The minimum absolute atomic E-state index is 0.0231. The molecule has 1 unspecified atom stereocenters. The summed E-state index contributed by atoms with van der Waals surface area (Å²) < 4.78 is 0. The van der Waals surface area contributed by atoms with E-state index in [4.69, 9.17) is 0 Å². The van der Waals surface area contributed by atoms with Crippen molar-refractivity contribution in [1.29, 1.82) is 0 Å². The Bertz CT molecular complexity index is 284. The van der Waals surface area contributed by atoms with Gasteiger partial charge in [-0.1, -0.05) is 13.8 Å². The summed E-state index contributed by atoms with van der Waals surface area (Å²) in [5, 5.41) is 3.43. The first-order valence-electron chi connectivity index (χ1n) is 7.07. The predicted octanol–water partition coefficient (Wildman–Crippen LogP) is 2.02. The van der Waals surface area contributed by atoms with Crippen LogP contribution in [0.5, 0.6) is 0 Å². The molecule has 0 radical (unpaired) electrons. The summed E-state index contributed by atoms with van der Waals surface area (Å²) in [7, 11) is 0. The summed E-state index contributed by atoms with van der Waals surface area (Å²) >= 11 is 0. The van der Waals surface area contributed by atoms with Gasteiger partial charge in [-0.3, -0.25) is 4.79 Å². The van der Waals surface area contributed by atoms with Crippen LogP contribution in [0.4, 0.5) is 0 Å². The van der Waals surface area contributed by atoms with Gasteiger partial charge >= 0.3 is 0 Å². The number of carbonyl (C=O) groups excluding carboxylic acids is 1. The number of hydrogen-bond acceptors (Lipinski definition) is 2. The van der Waals surface area contributed by atoms with Gasteiger partial charge in [-0.05, 0) is 50.5 Å². The number of nitrogens with one attached hydrogen (secondary N) is 1. The molecule has 1 aliphatic heterocycles. The van der Waals surface area contributed by atoms with Crippen molar-refractivity contribution in [2.45, 2.75) is 52.5 Å². The van der Waals surface area contributed by atoms with E-state index >= 15 is 0 Å². The van der Waals surface area contributed by atoms with E-state index in [0.29, 0.717) is 5.91 Å². The zero-order chi connectivity index (χ0) is 12.5. The monoisotopic (exact) mass is 238 g/mol. The van der Waals surface area contributed by atoms with Crippen molar-refractivity contribution in [3.8, 4) is 0 Å². The van der Waals surface area contributed by atoms with Crippen LogP contribution in [0.3, 0.4) is 0 Å². The smallest absolute Gasteiger partial charge is 0.240 e. The SMILES string of the molecule is CCN(CC1CC1)C(=O)C1NCCCC1(C)C. The third-order valence-electron chi connectivity index (χ3n) is 4.24. The minimum Gasteiger partial charge on any atom is -0.341 e. The summed E-state index contributed by atoms with van der Waals surface area (Å²) in [6.45, 7) is 9.34. The number of likely N-dealkylation sites (N-methyl/N-ethyl adjacent to an activating group) is 1. The van der Waals surface area contributed by atoms with E-state index in [-0.39, 0.29) is 11.5 Å². The van der Waals surface area contributed by atoms with E-state index in [1.807, 2.05) is 0 Å². The van der Waals surface area contributed by atoms with Crippen LogP contribution < -0.4 is 5.32 Å². The lowest BCUT2D eigenvalue weighted by Crippen LogP contribution is -2.56. The number of hydrogen-bond donors (Lipinski definition) is 1. The van der Waals surface area contributed by atoms with Crippen LogP contribution >= 0.6 is 0 Å². The summed E-state index contributed by atoms with van der Waals surface area (Å²) in [4.78, 5) is 14.6. The molecule has 0 aromatic carbocycles. The highest BCUT2D eigenvalue weighted by Gasteiger charge is 2.39. The number of carbonyl (C=O) groups is 1. The zero-order valence-corrected chi connectivity index (χ0v) is 11.5. The first kappa shape index (κ1) is 12.9. The van der Waals surface area contributed by atoms with E-state index in [1.54, 1.807) is 0 Å². The summed E-state index contributed by atoms with van der Waals surface area (Å²) in [5.41, 5.74) is 0.103. The predicted molar refractivity (Wildman–Crippen MR) is 69.8 cm³/mol. The van der Waals surface area contributed by atoms with Crippen LogP contribution in [0.15, 0.2) is 0 Å². The topological polar surface area (TPSA) is 32.3 Å². The average Bonchev–Trinajstić information content (AvgIpc) is 3.08. The zero-order valence-electron chi connectivity index (χ0n) is 11.5. The molecule has 1 heterocycles. The van der Waals surface area contributed by atoms with Gasteiger partial charge < -0.3 is 10.2 Å². The fourth-order valence-corrected chi connectivity index (χ4v) is 2.80. The fraction of sp³-hybridized carbons (Fsp3) is 0.929. The molecule has 1 saturated carbocycles. The van der Waals surface area contributed by atoms with E-state index < -0.39 is 0 Å². The van der Waals surface area contributed by atoms with Gasteiger partial charge in [-0.25, -0.2) is 0 Å². The van der Waals surface area contributed by atoms with Crippen LogP contribution in [0.25, 0.3) is 0 Å². The van der Waals surface area contributed by atoms with E-state index in [9.17, 15) is 4.79 Å². The normalized spacial score (nSPS) is 27.8. The highest BCUT2D eigenvalue weighted by atomic mass is 16.2. The molecule has 2 rings (SSSR count). The van der Waals surface area contributed by atoms with Gasteiger partial charge in [-0.15, -0.1) is 0 Å². The second kappa shape index (κ2) is 4.97. The first-order valence-corrected chi connectivity index (χ1v) is 7.07. The Labute approximate surface area is 105 Å². The Morgan fingerprint density at radius 1 is 1.41 bits per heavy atom. The van der Waals surface area contributed by atoms with Gasteiger partial charge in [-0.2, -0.15) is 0 Å². The van der Waals surface area contributed by atoms with Crippen molar-refractivity contribution in [2.75, 3.05) is 19.6 Å². The molecule has 1 amide bonds. The molecule has 1 aliphatic carbocycles. The van der Waals surface area contributed by atoms with Crippen molar-refractivity contribution < 1.29 is 4.79 Å². The van der Waals surface area contributed by atoms with Gasteiger partial charge in [0.25, 0.3) is 0 Å². The molecule has 1 N–H and O–H groups in total. The third-order valence-corrected chi connectivity index (χ3v) is 4.24. The molecule has 1 atom stereocenters. The molecule has 98 valence electrons. The van der Waals surface area contributed by atoms with Gasteiger partial charge in [0.1, 0.15) is 0 Å². The maximum absolute atomic E-state index is 12.6. The lowest BCUT2D eigenvalue weighted by molar-refractivity contribution is -0.137. The number of piperidine rings is 1. The van der Waals surface area contributed by atoms with Crippen molar-refractivity contribution >= 4 is 5.91 Å². The highest BCUT2D eigenvalue weighted by Crippen LogP contribution is 2.33. The summed E-state index contributed by atoms with van der Waals surface area (Å²) in [6, 6.07) is 0.0231. The maximum Gasteiger partial charge on any atom is 0.240 e. The van der Waals surface area contributed by atoms with Gasteiger partial charge in [0.05, 0.1) is 6.04 Å². The molecule has 0 bridgehead atoms. The second-order valence-electron chi connectivity index (χ2n) is 6.30. The molecule has 1 saturated heterocycles. The number of nitrogens with zero attached hydrogens (tertiary/aromatic N) is 1. The molecular formula is C14H26N2O. The first-order chi connectivity index (χ1) is 8.04. The minimum atomic E-state index is 0.0231. The Morgan fingerprint density at radius 2 is 2.12 bits per heavy atom. The molecule has 17 heavy (non-hydrogen) atoms. The molecule has 3 heteroatoms. The van der Waals surface area contributed by atoms with Crippen LogP contribution in [0.2, 0.25) is 0 Å². The quantitative estimate of drug-likeness (QED) is 0.812. The lowest BCUT2D eigenvalue weighted by Gasteiger charge is -2.40. The maximum atomic E-state index is 12.6. The lowest BCUT2D eigenvalue weighted by atomic mass is 9.77. The van der Waals surface area contributed by atoms with Crippen LogP contribution in [-0.4, -0.2) is 36.5 Å². The largest absolute Gasteiger partial charge is 0.341 e. The van der Waals surface area contributed by atoms with E-state index in [2.05, 4.69) is 31.0 Å². The van der Waals surface area contributed by atoms with Crippen LogP contribution in [0.1, 0.15) is 46.5 Å². The molecule has 3 nitrogen and oxygen atoms in total. The molecule has 0 spiro atoms. The van der Waals surface area contributed by atoms with Gasteiger partial charge in [0.15, 0.2) is 0 Å². The molecule has 0 aromatic heterocycles. The summed E-state index contributed by atoms with van der Waals surface area (Å²) in [6.07, 6.45) is 4.96. The van der Waals surface area contributed by atoms with Crippen molar-refractivity contribution in [3.05, 3.63) is 0 Å². The Hall–Kier alpha value is -0.570. The molecular weight excluding hydrogens is 212 g/mol. The third kappa shape index (κ3) is 3.01. The van der Waals surface area contributed by atoms with Crippen LogP contribution in [-0.2, 0) is 4.79 Å². The molecule has 0 aromatic rings. The Kier molecular flexibility index (Phi) is 3.76. The molecule has 2 aliphatic rings. The van der Waals surface area contributed by atoms with Crippen molar-refractivity contribution in [1.82, 2.24) is 10.2 Å².